The Morgan fingerprint density at radius 3 is 2.82 bits per heavy atom. The molecular formula is C22H25FN8O2. The van der Waals surface area contributed by atoms with Gasteiger partial charge in [-0.05, 0) is 20.0 Å². The van der Waals surface area contributed by atoms with E-state index in [9.17, 15) is 10.1 Å². The van der Waals surface area contributed by atoms with Crippen LogP contribution < -0.4 is 15.4 Å². The van der Waals surface area contributed by atoms with Crippen molar-refractivity contribution in [3.05, 3.63) is 35.3 Å². The van der Waals surface area contributed by atoms with Crippen LogP contribution in [0.2, 0.25) is 0 Å². The third-order valence-electron chi connectivity index (χ3n) is 5.75. The summed E-state index contributed by atoms with van der Waals surface area (Å²) in [6.45, 7) is 3.93. The maximum absolute atomic E-state index is 15.1. The van der Waals surface area contributed by atoms with Crippen LogP contribution in [-0.2, 0) is 0 Å². The van der Waals surface area contributed by atoms with Gasteiger partial charge in [-0.25, -0.2) is 4.39 Å². The number of likely N-dealkylation sites (N-methyl/N-ethyl adjacent to an activating group) is 1. The van der Waals surface area contributed by atoms with Crippen molar-refractivity contribution in [1.29, 1.82) is 5.26 Å². The number of nitriles is 1. The molecule has 0 bridgehead atoms. The number of nitrogens with zero attached hydrogens (tertiary/aromatic N) is 5. The molecule has 1 saturated heterocycles. The van der Waals surface area contributed by atoms with Crippen LogP contribution in [0.25, 0.3) is 11.0 Å². The van der Waals surface area contributed by atoms with Gasteiger partial charge in [0, 0.05) is 45.0 Å². The molecule has 1 amide bonds. The first-order chi connectivity index (χ1) is 15.9. The van der Waals surface area contributed by atoms with Crippen molar-refractivity contribution in [1.82, 2.24) is 24.8 Å². The first-order valence-corrected chi connectivity index (χ1v) is 10.5. The fourth-order valence-corrected chi connectivity index (χ4v) is 4.06. The number of hydrogen-bond donors (Lipinski definition) is 3. The number of aromatic amines is 1. The van der Waals surface area contributed by atoms with Crippen molar-refractivity contribution in [2.75, 3.05) is 51.5 Å². The average Bonchev–Trinajstić information content (AvgIpc) is 3.21. The topological polar surface area (TPSA) is 122 Å². The first-order valence-electron chi connectivity index (χ1n) is 10.5. The molecule has 0 spiro atoms. The molecule has 1 fully saturated rings. The van der Waals surface area contributed by atoms with Crippen LogP contribution in [0.4, 0.5) is 21.8 Å². The molecule has 1 aliphatic rings. The third-order valence-corrected chi connectivity index (χ3v) is 5.75. The summed E-state index contributed by atoms with van der Waals surface area (Å²) in [6.07, 6.45) is 1.55. The third kappa shape index (κ3) is 4.12. The summed E-state index contributed by atoms with van der Waals surface area (Å²) in [5.74, 6) is -0.154. The van der Waals surface area contributed by atoms with Crippen molar-refractivity contribution in [3.63, 3.8) is 0 Å². The first kappa shape index (κ1) is 22.3. The molecule has 11 heteroatoms. The van der Waals surface area contributed by atoms with Crippen LogP contribution in [0.1, 0.15) is 22.8 Å². The Balaban J connectivity index is 1.67. The highest BCUT2D eigenvalue weighted by Crippen LogP contribution is 2.32. The molecule has 10 nitrogen and oxygen atoms in total. The Bertz CT molecular complexity index is 1250. The number of nitrogens with one attached hydrogen (secondary N) is 3. The van der Waals surface area contributed by atoms with Gasteiger partial charge in [-0.1, -0.05) is 0 Å². The zero-order valence-electron chi connectivity index (χ0n) is 18.9. The standard InChI is InChI=1S/C22H25FN8O2/c1-12-11-30(3)5-6-31(12)21(32)14-7-17(33-4)16(8-15(14)23)27-22-28-19(25-2)18-13(9-24)10-26-20(18)29-22/h7-8,10,12H,5-6,11H2,1-4H3,(H3,25,26,27,28,29). The molecule has 0 radical (unpaired) electrons. The van der Waals surface area contributed by atoms with Gasteiger partial charge in [0.2, 0.25) is 5.95 Å². The number of fused-ring (bicyclic) bond motifs is 1. The SMILES string of the molecule is CNc1nc(Nc2cc(F)c(C(=O)N3CCN(C)CC3C)cc2OC)nc2[nH]cc(C#N)c12. The number of halogens is 1. The van der Waals surface area contributed by atoms with Gasteiger partial charge in [0.1, 0.15) is 29.1 Å². The summed E-state index contributed by atoms with van der Waals surface area (Å²) in [5, 5.41) is 15.7. The molecule has 172 valence electrons. The Labute approximate surface area is 190 Å². The van der Waals surface area contributed by atoms with Gasteiger partial charge in [0.15, 0.2) is 0 Å². The molecular weight excluding hydrogens is 427 g/mol. The summed E-state index contributed by atoms with van der Waals surface area (Å²) in [7, 11) is 5.12. The predicted octanol–water partition coefficient (Wildman–Crippen LogP) is 2.54. The van der Waals surface area contributed by atoms with Crippen molar-refractivity contribution < 1.29 is 13.9 Å². The minimum Gasteiger partial charge on any atom is -0.495 e. The summed E-state index contributed by atoms with van der Waals surface area (Å²) in [4.78, 5) is 28.6. The van der Waals surface area contributed by atoms with Gasteiger partial charge in [0.05, 0.1) is 29.3 Å². The maximum atomic E-state index is 15.1. The normalized spacial score (nSPS) is 16.5. The molecule has 1 aliphatic heterocycles. The summed E-state index contributed by atoms with van der Waals surface area (Å²) in [5.41, 5.74) is 1.07. The lowest BCUT2D eigenvalue weighted by Gasteiger charge is -2.38. The maximum Gasteiger partial charge on any atom is 0.257 e. The highest BCUT2D eigenvalue weighted by molar-refractivity contribution is 5.96. The molecule has 3 heterocycles. The van der Waals surface area contributed by atoms with Crippen molar-refractivity contribution >= 4 is 34.4 Å². The molecule has 1 unspecified atom stereocenters. The van der Waals surface area contributed by atoms with E-state index in [1.54, 1.807) is 18.1 Å². The van der Waals surface area contributed by atoms with Gasteiger partial charge < -0.3 is 30.2 Å². The lowest BCUT2D eigenvalue weighted by Crippen LogP contribution is -2.52. The molecule has 0 aliphatic carbocycles. The van der Waals surface area contributed by atoms with E-state index in [0.29, 0.717) is 29.0 Å². The molecule has 4 rings (SSSR count). The zero-order valence-corrected chi connectivity index (χ0v) is 18.9. The largest absolute Gasteiger partial charge is 0.495 e. The predicted molar refractivity (Wildman–Crippen MR) is 122 cm³/mol. The van der Waals surface area contributed by atoms with E-state index in [4.69, 9.17) is 4.74 Å². The molecule has 3 N–H and O–H groups in total. The van der Waals surface area contributed by atoms with Gasteiger partial charge >= 0.3 is 0 Å². The van der Waals surface area contributed by atoms with E-state index in [1.807, 2.05) is 14.0 Å². The second-order valence-electron chi connectivity index (χ2n) is 7.95. The van der Waals surface area contributed by atoms with Gasteiger partial charge in [-0.2, -0.15) is 15.2 Å². The summed E-state index contributed by atoms with van der Waals surface area (Å²) in [6, 6.07) is 4.66. The smallest absolute Gasteiger partial charge is 0.257 e. The lowest BCUT2D eigenvalue weighted by molar-refractivity contribution is 0.0528. The van der Waals surface area contributed by atoms with Crippen molar-refractivity contribution in [2.45, 2.75) is 13.0 Å². The van der Waals surface area contributed by atoms with E-state index in [-0.39, 0.29) is 34.9 Å². The van der Waals surface area contributed by atoms with E-state index in [0.717, 1.165) is 13.1 Å². The molecule has 2 aromatic heterocycles. The number of H-pyrrole nitrogens is 1. The second kappa shape index (κ2) is 8.91. The monoisotopic (exact) mass is 452 g/mol. The van der Waals surface area contributed by atoms with Crippen molar-refractivity contribution in [2.24, 2.45) is 0 Å². The number of aromatic nitrogens is 3. The Morgan fingerprint density at radius 1 is 1.36 bits per heavy atom. The summed E-state index contributed by atoms with van der Waals surface area (Å²) >= 11 is 0. The Hall–Kier alpha value is -3.91. The van der Waals surface area contributed by atoms with E-state index < -0.39 is 5.82 Å². The highest BCUT2D eigenvalue weighted by atomic mass is 19.1. The number of anilines is 3. The molecule has 1 atom stereocenters. The average molecular weight is 452 g/mol. The molecule has 3 aromatic rings. The molecule has 0 saturated carbocycles. The highest BCUT2D eigenvalue weighted by Gasteiger charge is 2.29. The van der Waals surface area contributed by atoms with E-state index in [1.165, 1.54) is 19.2 Å². The molecule has 1 aromatic carbocycles. The number of ether oxygens (including phenoxy) is 1. The number of amides is 1. The molecule has 33 heavy (non-hydrogen) atoms. The van der Waals surface area contributed by atoms with Crippen LogP contribution in [0, 0.1) is 17.1 Å². The Kier molecular flexibility index (Phi) is 6.02. The van der Waals surface area contributed by atoms with Gasteiger partial charge in [0.25, 0.3) is 5.91 Å². The Morgan fingerprint density at radius 2 is 2.15 bits per heavy atom. The second-order valence-corrected chi connectivity index (χ2v) is 7.95. The number of hydrogen-bond acceptors (Lipinski definition) is 8. The van der Waals surface area contributed by atoms with Crippen LogP contribution in [-0.4, -0.2) is 77.5 Å². The van der Waals surface area contributed by atoms with Crippen LogP contribution in [0.5, 0.6) is 5.75 Å². The number of benzene rings is 1. The lowest BCUT2D eigenvalue weighted by atomic mass is 10.1. The minimum absolute atomic E-state index is 0.0290. The number of carbonyl (C=O) groups excluding carboxylic acids is 1. The summed E-state index contributed by atoms with van der Waals surface area (Å²) < 4.78 is 20.5. The number of methoxy groups -OCH3 is 1. The zero-order chi connectivity index (χ0) is 23.7. The van der Waals surface area contributed by atoms with E-state index in [2.05, 4.69) is 36.6 Å². The van der Waals surface area contributed by atoms with E-state index >= 15 is 4.39 Å². The van der Waals surface area contributed by atoms with Gasteiger partial charge in [-0.15, -0.1) is 0 Å². The fourth-order valence-electron chi connectivity index (χ4n) is 4.06. The fraction of sp³-hybridized carbons (Fsp3) is 0.364. The van der Waals surface area contributed by atoms with Crippen LogP contribution >= 0.6 is 0 Å². The van der Waals surface area contributed by atoms with Crippen LogP contribution in [0.3, 0.4) is 0 Å². The number of piperazine rings is 1. The quantitative estimate of drug-likeness (QED) is 0.540. The van der Waals surface area contributed by atoms with Crippen LogP contribution in [0.15, 0.2) is 18.3 Å². The van der Waals surface area contributed by atoms with Crippen molar-refractivity contribution in [3.8, 4) is 11.8 Å². The minimum atomic E-state index is -0.670. The van der Waals surface area contributed by atoms with Gasteiger partial charge in [-0.3, -0.25) is 4.79 Å². The number of rotatable bonds is 5. The number of carbonyl (C=O) groups is 1.